The Morgan fingerprint density at radius 3 is 2.71 bits per heavy atom. The minimum atomic E-state index is -0.464. The summed E-state index contributed by atoms with van der Waals surface area (Å²) in [7, 11) is 0. The number of benzene rings is 1. The van der Waals surface area contributed by atoms with Gasteiger partial charge in [0.1, 0.15) is 11.2 Å². The van der Waals surface area contributed by atoms with Crippen molar-refractivity contribution < 1.29 is 4.79 Å². The van der Waals surface area contributed by atoms with E-state index in [2.05, 4.69) is 19.9 Å². The van der Waals surface area contributed by atoms with E-state index in [1.54, 1.807) is 12.4 Å². The molecule has 24 heavy (non-hydrogen) atoms. The summed E-state index contributed by atoms with van der Waals surface area (Å²) in [5.74, 6) is 0.0526. The van der Waals surface area contributed by atoms with Crippen molar-refractivity contribution in [2.75, 3.05) is 0 Å². The second-order valence-electron chi connectivity index (χ2n) is 7.00. The van der Waals surface area contributed by atoms with Gasteiger partial charge in [0.05, 0.1) is 17.5 Å². The molecule has 2 N–H and O–H groups in total. The van der Waals surface area contributed by atoms with Crippen LogP contribution in [0.15, 0.2) is 42.7 Å². The van der Waals surface area contributed by atoms with E-state index in [4.69, 9.17) is 0 Å². The normalized spacial score (nSPS) is 12.1. The van der Waals surface area contributed by atoms with Gasteiger partial charge in [-0.25, -0.2) is 9.97 Å². The van der Waals surface area contributed by atoms with Crippen LogP contribution in [0.4, 0.5) is 0 Å². The van der Waals surface area contributed by atoms with Crippen molar-refractivity contribution in [1.29, 1.82) is 0 Å². The fourth-order valence-electron chi connectivity index (χ4n) is 2.81. The number of carbonyl (C=O) groups excluding carboxylic acids is 1. The minimum Gasteiger partial charge on any atom is -0.353 e. The SMILES string of the molecule is CC(C)(C)C(=O)c1c[nH]c2ncc(-c3cc4ccccc4[nH]3)nc12. The summed E-state index contributed by atoms with van der Waals surface area (Å²) >= 11 is 0. The van der Waals surface area contributed by atoms with E-state index in [1.165, 1.54) is 0 Å². The maximum atomic E-state index is 12.6. The van der Waals surface area contributed by atoms with Crippen LogP contribution in [0.2, 0.25) is 0 Å². The molecular weight excluding hydrogens is 300 g/mol. The number of aromatic amines is 2. The molecule has 0 fully saturated rings. The first-order valence-electron chi connectivity index (χ1n) is 7.90. The van der Waals surface area contributed by atoms with Crippen molar-refractivity contribution in [2.45, 2.75) is 20.8 Å². The third-order valence-corrected chi connectivity index (χ3v) is 4.11. The number of fused-ring (bicyclic) bond motifs is 2. The number of rotatable bonds is 2. The zero-order chi connectivity index (χ0) is 16.9. The van der Waals surface area contributed by atoms with Crippen LogP contribution in [0.5, 0.6) is 0 Å². The fourth-order valence-corrected chi connectivity index (χ4v) is 2.81. The van der Waals surface area contributed by atoms with Gasteiger partial charge < -0.3 is 9.97 Å². The summed E-state index contributed by atoms with van der Waals surface area (Å²) in [6.07, 6.45) is 3.42. The van der Waals surface area contributed by atoms with Crippen molar-refractivity contribution in [3.05, 3.63) is 48.3 Å². The highest BCUT2D eigenvalue weighted by Crippen LogP contribution is 2.27. The molecule has 0 radical (unpaired) electrons. The molecule has 120 valence electrons. The van der Waals surface area contributed by atoms with Crippen molar-refractivity contribution in [3.63, 3.8) is 0 Å². The number of H-pyrrole nitrogens is 2. The van der Waals surface area contributed by atoms with Crippen LogP contribution in [0, 0.1) is 5.41 Å². The number of nitrogens with zero attached hydrogens (tertiary/aromatic N) is 2. The largest absolute Gasteiger partial charge is 0.353 e. The first-order chi connectivity index (χ1) is 11.4. The van der Waals surface area contributed by atoms with Gasteiger partial charge in [-0.2, -0.15) is 0 Å². The fraction of sp³-hybridized carbons (Fsp3) is 0.211. The van der Waals surface area contributed by atoms with Gasteiger partial charge in [0.15, 0.2) is 11.4 Å². The molecule has 0 atom stereocenters. The molecule has 0 spiro atoms. The van der Waals surface area contributed by atoms with Crippen LogP contribution in [0.3, 0.4) is 0 Å². The van der Waals surface area contributed by atoms with Crippen molar-refractivity contribution in [1.82, 2.24) is 19.9 Å². The molecule has 0 bridgehead atoms. The number of nitrogens with one attached hydrogen (secondary N) is 2. The molecule has 5 nitrogen and oxygen atoms in total. The van der Waals surface area contributed by atoms with Crippen molar-refractivity contribution in [3.8, 4) is 11.4 Å². The third-order valence-electron chi connectivity index (χ3n) is 4.11. The average Bonchev–Trinajstić information content (AvgIpc) is 3.16. The van der Waals surface area contributed by atoms with E-state index in [-0.39, 0.29) is 5.78 Å². The van der Waals surface area contributed by atoms with Gasteiger partial charge >= 0.3 is 0 Å². The van der Waals surface area contributed by atoms with Gasteiger partial charge in [0.25, 0.3) is 0 Å². The second kappa shape index (κ2) is 5.03. The zero-order valence-electron chi connectivity index (χ0n) is 13.8. The zero-order valence-corrected chi connectivity index (χ0v) is 13.8. The topological polar surface area (TPSA) is 74.4 Å². The molecule has 0 saturated carbocycles. The Bertz CT molecular complexity index is 1030. The number of aromatic nitrogens is 4. The molecule has 0 saturated heterocycles. The molecule has 4 rings (SSSR count). The summed E-state index contributed by atoms with van der Waals surface area (Å²) in [4.78, 5) is 28.1. The Kier molecular flexibility index (Phi) is 3.06. The maximum absolute atomic E-state index is 12.6. The first kappa shape index (κ1) is 14.6. The summed E-state index contributed by atoms with van der Waals surface area (Å²) in [6.45, 7) is 5.72. The molecule has 3 heterocycles. The molecule has 5 heteroatoms. The molecule has 1 aromatic carbocycles. The molecular formula is C19H18N4O. The van der Waals surface area contributed by atoms with E-state index in [9.17, 15) is 4.79 Å². The molecule has 0 aliphatic rings. The first-order valence-corrected chi connectivity index (χ1v) is 7.90. The maximum Gasteiger partial charge on any atom is 0.171 e. The smallest absolute Gasteiger partial charge is 0.171 e. The number of carbonyl (C=O) groups is 1. The van der Waals surface area contributed by atoms with Gasteiger partial charge in [0.2, 0.25) is 0 Å². The Labute approximate surface area is 139 Å². The highest BCUT2D eigenvalue weighted by molar-refractivity contribution is 6.08. The standard InChI is InChI=1S/C19H18N4O/c1-19(2,3)17(24)12-9-20-18-16(12)23-15(10-21-18)14-8-11-6-4-5-7-13(11)22-14/h4-10,22H,1-3H3,(H,20,21). The second-order valence-corrected chi connectivity index (χ2v) is 7.00. The van der Waals surface area contributed by atoms with Crippen LogP contribution in [-0.2, 0) is 0 Å². The average molecular weight is 318 g/mol. The molecule has 0 unspecified atom stereocenters. The van der Waals surface area contributed by atoms with Gasteiger partial charge in [-0.1, -0.05) is 39.0 Å². The minimum absolute atomic E-state index is 0.0526. The van der Waals surface area contributed by atoms with Gasteiger partial charge in [-0.05, 0) is 12.1 Å². The van der Waals surface area contributed by atoms with E-state index in [0.717, 1.165) is 22.3 Å². The highest BCUT2D eigenvalue weighted by Gasteiger charge is 2.26. The number of Topliss-reactive ketones (excluding diaryl/α,β-unsaturated/α-hetero) is 1. The lowest BCUT2D eigenvalue weighted by Gasteiger charge is -2.15. The summed E-state index contributed by atoms with van der Waals surface area (Å²) in [5, 5.41) is 1.12. The number of hydrogen-bond donors (Lipinski definition) is 2. The Morgan fingerprint density at radius 1 is 1.17 bits per heavy atom. The summed E-state index contributed by atoms with van der Waals surface area (Å²) < 4.78 is 0. The summed E-state index contributed by atoms with van der Waals surface area (Å²) in [6, 6.07) is 10.1. The number of para-hydroxylation sites is 1. The van der Waals surface area contributed by atoms with Crippen molar-refractivity contribution >= 4 is 27.9 Å². The van der Waals surface area contributed by atoms with Crippen LogP contribution in [0.1, 0.15) is 31.1 Å². The van der Waals surface area contributed by atoms with Crippen LogP contribution < -0.4 is 0 Å². The van der Waals surface area contributed by atoms with E-state index in [0.29, 0.717) is 16.7 Å². The van der Waals surface area contributed by atoms with Crippen LogP contribution in [0.25, 0.3) is 33.5 Å². The molecule has 4 aromatic rings. The number of ketones is 1. The van der Waals surface area contributed by atoms with E-state index >= 15 is 0 Å². The van der Waals surface area contributed by atoms with Gasteiger partial charge in [-0.3, -0.25) is 4.79 Å². The van der Waals surface area contributed by atoms with E-state index in [1.807, 2.05) is 51.1 Å². The Hall–Kier alpha value is -2.95. The predicted molar refractivity (Wildman–Crippen MR) is 95.0 cm³/mol. The monoisotopic (exact) mass is 318 g/mol. The molecule has 0 aliphatic heterocycles. The Balaban J connectivity index is 1.87. The van der Waals surface area contributed by atoms with E-state index < -0.39 is 5.41 Å². The lowest BCUT2D eigenvalue weighted by molar-refractivity contribution is 0.0860. The van der Waals surface area contributed by atoms with Gasteiger partial charge in [-0.15, -0.1) is 0 Å². The molecule has 0 aliphatic carbocycles. The predicted octanol–water partition coefficient (Wildman–Crippen LogP) is 4.34. The van der Waals surface area contributed by atoms with Crippen molar-refractivity contribution in [2.24, 2.45) is 5.41 Å². The third kappa shape index (κ3) is 2.29. The van der Waals surface area contributed by atoms with Gasteiger partial charge in [0, 0.05) is 22.5 Å². The van der Waals surface area contributed by atoms with Crippen LogP contribution in [-0.4, -0.2) is 25.7 Å². The lowest BCUT2D eigenvalue weighted by atomic mass is 9.87. The Morgan fingerprint density at radius 2 is 1.96 bits per heavy atom. The summed E-state index contributed by atoms with van der Waals surface area (Å²) in [5.41, 5.74) is 4.03. The molecule has 3 aromatic heterocycles. The lowest BCUT2D eigenvalue weighted by Crippen LogP contribution is -2.20. The highest BCUT2D eigenvalue weighted by atomic mass is 16.1. The van der Waals surface area contributed by atoms with Crippen LogP contribution >= 0.6 is 0 Å². The molecule has 0 amide bonds. The number of hydrogen-bond acceptors (Lipinski definition) is 3. The quantitative estimate of drug-likeness (QED) is 0.540.